The summed E-state index contributed by atoms with van der Waals surface area (Å²) in [7, 11) is 0. The minimum absolute atomic E-state index is 0.661. The standard InChI is InChI=1S/C49H63N3O4/c1-4-25-50(26-5-1)31-34-53-45-24-19-41-14-13-40-18-23-44(47(37-40)55-36-33-52-29-8-3-9-30-52)49-42(20-15-39-16-21-43(22-17-39)56-48(45)38-41)11-10-12-46(49)54-35-32-51-27-6-2-7-28-51/h10-12,16-19,21-24,37-38H,1-9,13-15,20,25-36H2. The zero-order valence-corrected chi connectivity index (χ0v) is 33.7. The molecule has 0 unspecified atom stereocenters. The molecular formula is C49H63N3O4. The number of hydrogen-bond acceptors (Lipinski definition) is 7. The van der Waals surface area contributed by atoms with Crippen molar-refractivity contribution in [3.63, 3.8) is 0 Å². The van der Waals surface area contributed by atoms with Gasteiger partial charge in [0.1, 0.15) is 37.1 Å². The molecule has 7 heterocycles. The predicted octanol–water partition coefficient (Wildman–Crippen LogP) is 9.62. The average Bonchev–Trinajstić information content (AvgIpc) is 3.24. The molecule has 0 saturated carbocycles. The van der Waals surface area contributed by atoms with E-state index in [2.05, 4.69) is 93.6 Å². The van der Waals surface area contributed by atoms with Crippen LogP contribution in [0, 0.1) is 0 Å². The third-order valence-corrected chi connectivity index (χ3v) is 12.3. The van der Waals surface area contributed by atoms with Crippen LogP contribution in [-0.2, 0) is 25.7 Å². The van der Waals surface area contributed by atoms with Crippen LogP contribution in [0.1, 0.15) is 80.0 Å². The van der Waals surface area contributed by atoms with E-state index < -0.39 is 0 Å². The lowest BCUT2D eigenvalue weighted by molar-refractivity contribution is 0.181. The van der Waals surface area contributed by atoms with Crippen molar-refractivity contribution in [1.29, 1.82) is 0 Å². The van der Waals surface area contributed by atoms with Gasteiger partial charge in [-0.15, -0.1) is 0 Å². The minimum atomic E-state index is 0.661. The Kier molecular flexibility index (Phi) is 13.8. The number of likely N-dealkylation sites (tertiary alicyclic amines) is 3. The van der Waals surface area contributed by atoms with Crippen molar-refractivity contribution in [2.24, 2.45) is 0 Å². The molecule has 0 aliphatic carbocycles. The molecule has 0 spiro atoms. The summed E-state index contributed by atoms with van der Waals surface area (Å²) in [5.41, 5.74) is 7.37. The lowest BCUT2D eigenvalue weighted by Gasteiger charge is -2.27. The highest BCUT2D eigenvalue weighted by Gasteiger charge is 2.20. The Morgan fingerprint density at radius 2 is 0.964 bits per heavy atom. The van der Waals surface area contributed by atoms with E-state index in [9.17, 15) is 0 Å². The molecule has 0 atom stereocenters. The molecule has 11 rings (SSSR count). The van der Waals surface area contributed by atoms with Crippen molar-refractivity contribution < 1.29 is 18.9 Å². The number of rotatable bonds is 12. The molecule has 3 fully saturated rings. The van der Waals surface area contributed by atoms with Crippen LogP contribution in [0.3, 0.4) is 0 Å². The first-order valence-electron chi connectivity index (χ1n) is 21.9. The van der Waals surface area contributed by atoms with Gasteiger partial charge in [0.2, 0.25) is 0 Å². The number of hydrogen-bond donors (Lipinski definition) is 0. The Morgan fingerprint density at radius 3 is 1.59 bits per heavy atom. The average molecular weight is 758 g/mol. The van der Waals surface area contributed by atoms with Crippen LogP contribution in [0.4, 0.5) is 0 Å². The van der Waals surface area contributed by atoms with Crippen LogP contribution in [0.25, 0.3) is 11.1 Å². The van der Waals surface area contributed by atoms with Crippen LogP contribution in [-0.4, -0.2) is 93.4 Å². The Hall–Kier alpha value is -4.04. The maximum atomic E-state index is 6.84. The fourth-order valence-corrected chi connectivity index (χ4v) is 8.99. The van der Waals surface area contributed by atoms with Crippen molar-refractivity contribution in [2.45, 2.75) is 83.5 Å². The van der Waals surface area contributed by atoms with Gasteiger partial charge in [-0.3, -0.25) is 14.7 Å². The highest BCUT2D eigenvalue weighted by molar-refractivity contribution is 5.79. The number of benzene rings is 4. The highest BCUT2D eigenvalue weighted by atomic mass is 16.5. The number of aryl methyl sites for hydroxylation is 4. The SMILES string of the molecule is c1cc2c(c(OCCN3CCCCC3)c1)-c1ccc(cc1OCCN1CCCCC1)CCc1ccc(OCCN3CCCCC3)c(c1)Oc1ccc(cc1)CC2. The van der Waals surface area contributed by atoms with Gasteiger partial charge in [0.15, 0.2) is 11.5 Å². The summed E-state index contributed by atoms with van der Waals surface area (Å²) in [6.07, 6.45) is 15.3. The fraction of sp³-hybridized carbons (Fsp3) is 0.510. The van der Waals surface area contributed by atoms with E-state index in [1.165, 1.54) is 125 Å². The molecule has 7 aliphatic rings. The van der Waals surface area contributed by atoms with E-state index in [4.69, 9.17) is 18.9 Å². The molecule has 0 amide bonds. The van der Waals surface area contributed by atoms with Crippen LogP contribution in [0.2, 0.25) is 0 Å². The van der Waals surface area contributed by atoms with Gasteiger partial charge in [-0.2, -0.15) is 0 Å². The number of piperidine rings is 3. The number of ether oxygens (including phenoxy) is 4. The van der Waals surface area contributed by atoms with E-state index >= 15 is 0 Å². The maximum absolute atomic E-state index is 6.84. The van der Waals surface area contributed by atoms with E-state index in [1.54, 1.807) is 0 Å². The fourth-order valence-electron chi connectivity index (χ4n) is 8.99. The van der Waals surface area contributed by atoms with Gasteiger partial charge in [0.05, 0.1) is 0 Å². The lowest BCUT2D eigenvalue weighted by atomic mass is 9.92. The summed E-state index contributed by atoms with van der Waals surface area (Å²) in [6, 6.07) is 28.7. The van der Waals surface area contributed by atoms with E-state index in [1.807, 2.05) is 0 Å². The Morgan fingerprint density at radius 1 is 0.446 bits per heavy atom. The normalized spacial score (nSPS) is 18.4. The second kappa shape index (κ2) is 19.9. The third kappa shape index (κ3) is 10.7. The summed E-state index contributed by atoms with van der Waals surface area (Å²) in [4.78, 5) is 7.64. The molecular weight excluding hydrogens is 695 g/mol. The zero-order valence-electron chi connectivity index (χ0n) is 33.7. The van der Waals surface area contributed by atoms with Gasteiger partial charge in [-0.25, -0.2) is 0 Å². The topological polar surface area (TPSA) is 46.6 Å². The summed E-state index contributed by atoms with van der Waals surface area (Å²) >= 11 is 0. The molecule has 4 aromatic carbocycles. The molecule has 3 saturated heterocycles. The Labute approximate surface area is 335 Å². The molecule has 7 nitrogen and oxygen atoms in total. The zero-order chi connectivity index (χ0) is 37.8. The van der Waals surface area contributed by atoms with Crippen molar-refractivity contribution in [2.75, 3.05) is 78.7 Å². The van der Waals surface area contributed by atoms with Gasteiger partial charge >= 0.3 is 0 Å². The molecule has 298 valence electrons. The lowest BCUT2D eigenvalue weighted by Crippen LogP contribution is -2.33. The van der Waals surface area contributed by atoms with Crippen molar-refractivity contribution in [1.82, 2.24) is 14.7 Å². The number of nitrogens with zero attached hydrogens (tertiary/aromatic N) is 3. The van der Waals surface area contributed by atoms with Gasteiger partial charge in [0, 0.05) is 30.8 Å². The Bertz CT molecular complexity index is 1830. The maximum Gasteiger partial charge on any atom is 0.169 e. The van der Waals surface area contributed by atoms with Crippen molar-refractivity contribution in [3.8, 4) is 39.9 Å². The second-order valence-electron chi connectivity index (χ2n) is 16.4. The molecule has 0 N–H and O–H groups in total. The van der Waals surface area contributed by atoms with Gasteiger partial charge in [-0.1, -0.05) is 61.7 Å². The minimum Gasteiger partial charge on any atom is -0.492 e. The van der Waals surface area contributed by atoms with E-state index in [0.29, 0.717) is 19.8 Å². The molecule has 4 aromatic rings. The molecule has 0 aromatic heterocycles. The van der Waals surface area contributed by atoms with E-state index in [0.717, 1.165) is 79.6 Å². The van der Waals surface area contributed by atoms with Crippen LogP contribution < -0.4 is 18.9 Å². The first-order valence-corrected chi connectivity index (χ1v) is 21.9. The summed E-state index contributed by atoms with van der Waals surface area (Å²) < 4.78 is 26.6. The van der Waals surface area contributed by atoms with Crippen LogP contribution in [0.5, 0.6) is 28.7 Å². The smallest absolute Gasteiger partial charge is 0.169 e. The largest absolute Gasteiger partial charge is 0.492 e. The molecule has 56 heavy (non-hydrogen) atoms. The quantitative estimate of drug-likeness (QED) is 0.143. The third-order valence-electron chi connectivity index (χ3n) is 12.3. The Balaban J connectivity index is 1.08. The summed E-state index contributed by atoms with van der Waals surface area (Å²) in [6.45, 7) is 11.9. The summed E-state index contributed by atoms with van der Waals surface area (Å²) in [5, 5.41) is 0. The molecule has 7 aliphatic heterocycles. The van der Waals surface area contributed by atoms with Crippen molar-refractivity contribution in [3.05, 3.63) is 101 Å². The first kappa shape index (κ1) is 38.8. The van der Waals surface area contributed by atoms with E-state index in [-0.39, 0.29) is 0 Å². The van der Waals surface area contributed by atoms with Gasteiger partial charge in [-0.05, 0) is 162 Å². The van der Waals surface area contributed by atoms with Crippen LogP contribution in [0.15, 0.2) is 78.9 Å². The first-order chi connectivity index (χ1) is 27.7. The molecule has 6 bridgehead atoms. The van der Waals surface area contributed by atoms with Crippen molar-refractivity contribution >= 4 is 0 Å². The molecule has 0 radical (unpaired) electrons. The highest BCUT2D eigenvalue weighted by Crippen LogP contribution is 2.41. The molecule has 7 heteroatoms. The van der Waals surface area contributed by atoms with Gasteiger partial charge in [0.25, 0.3) is 0 Å². The second-order valence-corrected chi connectivity index (χ2v) is 16.4. The predicted molar refractivity (Wildman–Crippen MR) is 227 cm³/mol. The summed E-state index contributed by atoms with van der Waals surface area (Å²) in [5.74, 6) is 4.34. The van der Waals surface area contributed by atoms with Crippen LogP contribution >= 0.6 is 0 Å². The van der Waals surface area contributed by atoms with Gasteiger partial charge < -0.3 is 18.9 Å². The monoisotopic (exact) mass is 757 g/mol.